The normalized spacial score (nSPS) is 16.3. The van der Waals surface area contributed by atoms with E-state index < -0.39 is 0 Å². The number of hydrogen-bond donors (Lipinski definition) is 0. The number of nitrogens with zero attached hydrogens (tertiary/aromatic N) is 5. The summed E-state index contributed by atoms with van der Waals surface area (Å²) >= 11 is 0. The zero-order valence-electron chi connectivity index (χ0n) is 19.3. The first-order chi connectivity index (χ1) is 14.8. The van der Waals surface area contributed by atoms with Crippen LogP contribution in [0.15, 0.2) is 33.9 Å². The quantitative estimate of drug-likeness (QED) is 0.607. The molecule has 7 heteroatoms. The fourth-order valence-electron chi connectivity index (χ4n) is 4.47. The van der Waals surface area contributed by atoms with Gasteiger partial charge in [-0.15, -0.1) is 0 Å². The Morgan fingerprint density at radius 2 is 1.84 bits per heavy atom. The van der Waals surface area contributed by atoms with Crippen LogP contribution in [0, 0.1) is 11.8 Å². The molecule has 7 nitrogen and oxygen atoms in total. The molecule has 0 N–H and O–H groups in total. The Balaban J connectivity index is 1.85. The summed E-state index contributed by atoms with van der Waals surface area (Å²) in [6.07, 6.45) is 3.46. The molecule has 0 unspecified atom stereocenters. The fraction of sp³-hybridized carbons (Fsp3) is 0.542. The second-order valence-electron chi connectivity index (χ2n) is 9.33. The van der Waals surface area contributed by atoms with Crippen LogP contribution in [-0.4, -0.2) is 25.2 Å². The van der Waals surface area contributed by atoms with E-state index in [1.54, 1.807) is 7.05 Å². The van der Waals surface area contributed by atoms with Gasteiger partial charge in [-0.25, -0.2) is 4.79 Å². The summed E-state index contributed by atoms with van der Waals surface area (Å²) in [5.41, 5.74) is 2.84. The Hall–Kier alpha value is -2.83. The molecule has 166 valence electrons. The summed E-state index contributed by atoms with van der Waals surface area (Å²) in [5, 5.41) is 0. The lowest BCUT2D eigenvalue weighted by molar-refractivity contribution is 0.454. The summed E-state index contributed by atoms with van der Waals surface area (Å²) in [7, 11) is 1.70. The van der Waals surface area contributed by atoms with E-state index in [2.05, 4.69) is 43.0 Å². The SMILES string of the molecule is CCCCc1ccc(N2C[C@@H](C)Cn3c2nc2c3c(=O)n(CC(C)C)c(=O)n2C)cc1. The smallest absolute Gasteiger partial charge is 0.312 e. The third kappa shape index (κ3) is 3.82. The first-order valence-corrected chi connectivity index (χ1v) is 11.4. The molecule has 0 aliphatic carbocycles. The van der Waals surface area contributed by atoms with Crippen LogP contribution in [0.3, 0.4) is 0 Å². The van der Waals surface area contributed by atoms with E-state index >= 15 is 0 Å². The number of fused-ring (bicyclic) bond motifs is 3. The number of anilines is 2. The lowest BCUT2D eigenvalue weighted by Gasteiger charge is -2.33. The van der Waals surface area contributed by atoms with Gasteiger partial charge >= 0.3 is 5.69 Å². The minimum Gasteiger partial charge on any atom is -0.312 e. The summed E-state index contributed by atoms with van der Waals surface area (Å²) in [5.74, 6) is 1.29. The van der Waals surface area contributed by atoms with E-state index in [1.807, 2.05) is 18.4 Å². The fourth-order valence-corrected chi connectivity index (χ4v) is 4.47. The number of unbranched alkanes of at least 4 members (excludes halogenated alkanes) is 1. The average Bonchev–Trinajstić information content (AvgIpc) is 3.13. The van der Waals surface area contributed by atoms with Gasteiger partial charge in [0.1, 0.15) is 0 Å². The number of aryl methyl sites for hydroxylation is 2. The predicted molar refractivity (Wildman–Crippen MR) is 125 cm³/mol. The number of imidazole rings is 1. The van der Waals surface area contributed by atoms with Crippen LogP contribution in [0.25, 0.3) is 11.2 Å². The van der Waals surface area contributed by atoms with Gasteiger partial charge in [0.25, 0.3) is 5.56 Å². The highest BCUT2D eigenvalue weighted by Gasteiger charge is 2.29. The highest BCUT2D eigenvalue weighted by molar-refractivity contribution is 5.77. The number of benzene rings is 1. The maximum Gasteiger partial charge on any atom is 0.332 e. The van der Waals surface area contributed by atoms with Crippen molar-refractivity contribution in [2.75, 3.05) is 11.4 Å². The van der Waals surface area contributed by atoms with Gasteiger partial charge < -0.3 is 9.47 Å². The Morgan fingerprint density at radius 1 is 1.13 bits per heavy atom. The van der Waals surface area contributed by atoms with E-state index in [4.69, 9.17) is 4.98 Å². The number of aromatic nitrogens is 4. The average molecular weight is 424 g/mol. The van der Waals surface area contributed by atoms with Gasteiger partial charge in [-0.2, -0.15) is 4.98 Å². The monoisotopic (exact) mass is 423 g/mol. The van der Waals surface area contributed by atoms with Gasteiger partial charge in [-0.05, 0) is 42.4 Å². The van der Waals surface area contributed by atoms with Gasteiger partial charge in [-0.3, -0.25) is 13.9 Å². The Kier molecular flexibility index (Phi) is 5.77. The van der Waals surface area contributed by atoms with Gasteiger partial charge in [0.05, 0.1) is 0 Å². The van der Waals surface area contributed by atoms with Crippen LogP contribution in [-0.2, 0) is 26.6 Å². The summed E-state index contributed by atoms with van der Waals surface area (Å²) in [4.78, 5) is 33.2. The van der Waals surface area contributed by atoms with Crippen molar-refractivity contribution in [3.05, 3.63) is 50.7 Å². The van der Waals surface area contributed by atoms with Crippen molar-refractivity contribution in [1.82, 2.24) is 18.7 Å². The zero-order valence-corrected chi connectivity index (χ0v) is 19.3. The first-order valence-electron chi connectivity index (χ1n) is 11.4. The molecule has 0 fully saturated rings. The molecule has 0 amide bonds. The van der Waals surface area contributed by atoms with E-state index in [9.17, 15) is 9.59 Å². The molecule has 0 spiro atoms. The highest BCUT2D eigenvalue weighted by Crippen LogP contribution is 2.33. The van der Waals surface area contributed by atoms with E-state index in [0.29, 0.717) is 30.2 Å². The third-order valence-electron chi connectivity index (χ3n) is 6.06. The Labute approximate surface area is 182 Å². The van der Waals surface area contributed by atoms with Crippen molar-refractivity contribution in [2.24, 2.45) is 18.9 Å². The van der Waals surface area contributed by atoms with Crippen LogP contribution in [0.2, 0.25) is 0 Å². The summed E-state index contributed by atoms with van der Waals surface area (Å²) in [6, 6.07) is 8.65. The van der Waals surface area contributed by atoms with E-state index in [1.165, 1.54) is 27.5 Å². The molecule has 0 radical (unpaired) electrons. The standard InChI is InChI=1S/C24H33N5O2/c1-6-7-8-18-9-11-19(12-10-18)27-14-17(4)15-28-20-21(25-23(27)28)26(5)24(31)29(22(20)30)13-16(2)3/h9-12,16-17H,6-8,13-15H2,1-5H3/t17-/m1/s1. The summed E-state index contributed by atoms with van der Waals surface area (Å²) < 4.78 is 4.88. The molecule has 1 atom stereocenters. The zero-order chi connectivity index (χ0) is 22.3. The maximum absolute atomic E-state index is 13.3. The van der Waals surface area contributed by atoms with Crippen LogP contribution >= 0.6 is 0 Å². The van der Waals surface area contributed by atoms with Gasteiger partial charge in [0.2, 0.25) is 5.95 Å². The second kappa shape index (κ2) is 8.36. The topological polar surface area (TPSA) is 65.1 Å². The van der Waals surface area contributed by atoms with E-state index in [-0.39, 0.29) is 17.2 Å². The molecular formula is C24H33N5O2. The molecule has 1 aromatic carbocycles. The molecule has 31 heavy (non-hydrogen) atoms. The van der Waals surface area contributed by atoms with Crippen molar-refractivity contribution in [2.45, 2.75) is 60.0 Å². The van der Waals surface area contributed by atoms with Crippen molar-refractivity contribution in [3.63, 3.8) is 0 Å². The maximum atomic E-state index is 13.3. The van der Waals surface area contributed by atoms with Crippen LogP contribution in [0.4, 0.5) is 11.6 Å². The number of hydrogen-bond acceptors (Lipinski definition) is 4. The minimum absolute atomic E-state index is 0.202. The lowest BCUT2D eigenvalue weighted by Crippen LogP contribution is -2.41. The summed E-state index contributed by atoms with van der Waals surface area (Å²) in [6.45, 7) is 10.4. The molecule has 1 aliphatic heterocycles. The molecule has 4 rings (SSSR count). The predicted octanol–water partition coefficient (Wildman–Crippen LogP) is 3.68. The third-order valence-corrected chi connectivity index (χ3v) is 6.06. The second-order valence-corrected chi connectivity index (χ2v) is 9.33. The first kappa shape index (κ1) is 21.4. The van der Waals surface area contributed by atoms with Gasteiger partial charge in [-0.1, -0.05) is 46.2 Å². The molecular weight excluding hydrogens is 390 g/mol. The highest BCUT2D eigenvalue weighted by atomic mass is 16.2. The van der Waals surface area contributed by atoms with Crippen LogP contribution in [0.1, 0.15) is 46.1 Å². The van der Waals surface area contributed by atoms with Crippen LogP contribution in [0.5, 0.6) is 0 Å². The molecule has 0 bridgehead atoms. The molecule has 3 heterocycles. The van der Waals surface area contributed by atoms with E-state index in [0.717, 1.165) is 24.6 Å². The lowest BCUT2D eigenvalue weighted by atomic mass is 10.1. The van der Waals surface area contributed by atoms with Gasteiger partial charge in [0.15, 0.2) is 11.2 Å². The van der Waals surface area contributed by atoms with Crippen LogP contribution < -0.4 is 16.1 Å². The molecule has 1 aliphatic rings. The Morgan fingerprint density at radius 3 is 2.48 bits per heavy atom. The largest absolute Gasteiger partial charge is 0.332 e. The number of rotatable bonds is 6. The van der Waals surface area contributed by atoms with Gasteiger partial charge in [0, 0.05) is 32.4 Å². The van der Waals surface area contributed by atoms with Crippen molar-refractivity contribution >= 4 is 22.8 Å². The molecule has 0 saturated carbocycles. The van der Waals surface area contributed by atoms with Crippen molar-refractivity contribution in [1.29, 1.82) is 0 Å². The molecule has 3 aromatic rings. The van der Waals surface area contributed by atoms with Crippen molar-refractivity contribution in [3.8, 4) is 0 Å². The molecule has 2 aromatic heterocycles. The molecule has 0 saturated heterocycles. The Bertz CT molecular complexity index is 1200. The minimum atomic E-state index is -0.304. The van der Waals surface area contributed by atoms with Crippen molar-refractivity contribution < 1.29 is 0 Å².